The van der Waals surface area contributed by atoms with Gasteiger partial charge in [-0.3, -0.25) is 4.79 Å². The van der Waals surface area contributed by atoms with Crippen LogP contribution < -0.4 is 0 Å². The molecule has 0 aromatic carbocycles. The fourth-order valence-electron chi connectivity index (χ4n) is 1.07. The highest BCUT2D eigenvalue weighted by Gasteiger charge is 2.28. The summed E-state index contributed by atoms with van der Waals surface area (Å²) in [7, 11) is 0. The lowest BCUT2D eigenvalue weighted by Crippen LogP contribution is -2.26. The van der Waals surface area contributed by atoms with E-state index in [0.717, 1.165) is 0 Å². The Hall–Kier alpha value is -1.37. The smallest absolute Gasteiger partial charge is 0.219 e. The van der Waals surface area contributed by atoms with Gasteiger partial charge in [-0.1, -0.05) is 0 Å². The van der Waals surface area contributed by atoms with Crippen LogP contribution in [-0.2, 0) is 4.79 Å². The number of hydrogen-bond acceptors (Lipinski definition) is 3. The van der Waals surface area contributed by atoms with Crippen LogP contribution in [0.5, 0.6) is 0 Å². The molecule has 0 aliphatic carbocycles. The second-order valence-corrected chi connectivity index (χ2v) is 2.61. The van der Waals surface area contributed by atoms with Crippen LogP contribution in [0.1, 0.15) is 6.92 Å². The Morgan fingerprint density at radius 3 is 2.82 bits per heavy atom. The fourth-order valence-corrected chi connectivity index (χ4v) is 1.07. The fraction of sp³-hybridized carbons (Fsp3) is 0.571. The summed E-state index contributed by atoms with van der Waals surface area (Å²) >= 11 is 0. The van der Waals surface area contributed by atoms with E-state index in [1.165, 1.54) is 11.8 Å². The topological polar surface area (TPSA) is 68.0 Å². The molecule has 4 heteroatoms. The SMILES string of the molecule is CC(=O)N1CC(=N)[C@@H](C#N)C1. The maximum Gasteiger partial charge on any atom is 0.219 e. The Morgan fingerprint density at radius 2 is 2.55 bits per heavy atom. The summed E-state index contributed by atoms with van der Waals surface area (Å²) in [5.74, 6) is -0.439. The van der Waals surface area contributed by atoms with E-state index in [9.17, 15) is 4.79 Å². The molecule has 1 aliphatic rings. The summed E-state index contributed by atoms with van der Waals surface area (Å²) < 4.78 is 0. The summed E-state index contributed by atoms with van der Waals surface area (Å²) in [6, 6.07) is 1.98. The van der Waals surface area contributed by atoms with Gasteiger partial charge >= 0.3 is 0 Å². The molecule has 0 aromatic rings. The monoisotopic (exact) mass is 151 g/mol. The van der Waals surface area contributed by atoms with Gasteiger partial charge in [0.05, 0.1) is 12.6 Å². The van der Waals surface area contributed by atoms with Gasteiger partial charge in [0, 0.05) is 19.2 Å². The third-order valence-corrected chi connectivity index (χ3v) is 1.79. The van der Waals surface area contributed by atoms with E-state index < -0.39 is 0 Å². The molecule has 1 atom stereocenters. The highest BCUT2D eigenvalue weighted by atomic mass is 16.2. The number of likely N-dealkylation sites (tertiary alicyclic amines) is 1. The molecule has 1 aliphatic heterocycles. The second-order valence-electron chi connectivity index (χ2n) is 2.61. The zero-order valence-corrected chi connectivity index (χ0v) is 6.29. The predicted octanol–water partition coefficient (Wildman–Crippen LogP) is 0.00805. The minimum atomic E-state index is -0.376. The second kappa shape index (κ2) is 2.70. The molecule has 0 spiro atoms. The van der Waals surface area contributed by atoms with Crippen molar-refractivity contribution in [1.82, 2.24) is 4.90 Å². The van der Waals surface area contributed by atoms with Gasteiger partial charge in [-0.05, 0) is 0 Å². The quantitative estimate of drug-likeness (QED) is 0.529. The van der Waals surface area contributed by atoms with Gasteiger partial charge in [-0.15, -0.1) is 0 Å². The van der Waals surface area contributed by atoms with Crippen molar-refractivity contribution in [3.8, 4) is 6.07 Å². The predicted molar refractivity (Wildman–Crippen MR) is 39.1 cm³/mol. The number of carbonyl (C=O) groups is 1. The van der Waals surface area contributed by atoms with Crippen molar-refractivity contribution in [1.29, 1.82) is 10.7 Å². The highest BCUT2D eigenvalue weighted by molar-refractivity contribution is 5.94. The van der Waals surface area contributed by atoms with Crippen LogP contribution in [0.2, 0.25) is 0 Å². The summed E-state index contributed by atoms with van der Waals surface area (Å²) in [6.45, 7) is 2.17. The molecular formula is C7H9N3O. The molecule has 1 heterocycles. The molecule has 4 nitrogen and oxygen atoms in total. The average molecular weight is 151 g/mol. The number of rotatable bonds is 0. The van der Waals surface area contributed by atoms with E-state index >= 15 is 0 Å². The van der Waals surface area contributed by atoms with Gasteiger partial charge < -0.3 is 10.3 Å². The molecule has 1 saturated heterocycles. The van der Waals surface area contributed by atoms with Crippen LogP contribution in [0.25, 0.3) is 0 Å². The summed E-state index contributed by atoms with van der Waals surface area (Å²) in [5, 5.41) is 15.8. The van der Waals surface area contributed by atoms with Gasteiger partial charge in [0.2, 0.25) is 5.91 Å². The molecule has 0 radical (unpaired) electrons. The first-order chi connectivity index (χ1) is 5.15. The number of hydrogen-bond donors (Lipinski definition) is 1. The third kappa shape index (κ3) is 1.37. The van der Waals surface area contributed by atoms with Crippen molar-refractivity contribution in [3.05, 3.63) is 0 Å². The molecule has 0 aromatic heterocycles. The molecule has 1 fully saturated rings. The number of carbonyl (C=O) groups excluding carboxylic acids is 1. The first kappa shape index (κ1) is 7.73. The summed E-state index contributed by atoms with van der Waals surface area (Å²) in [6.07, 6.45) is 0. The Morgan fingerprint density at radius 1 is 1.91 bits per heavy atom. The van der Waals surface area contributed by atoms with Crippen molar-refractivity contribution < 1.29 is 4.79 Å². The lowest BCUT2D eigenvalue weighted by molar-refractivity contribution is -0.127. The molecule has 0 saturated carbocycles. The van der Waals surface area contributed by atoms with Gasteiger partial charge in [-0.25, -0.2) is 0 Å². The molecule has 1 rings (SSSR count). The Labute approximate surface area is 64.9 Å². The summed E-state index contributed by atoms with van der Waals surface area (Å²) in [5.41, 5.74) is 0.350. The van der Waals surface area contributed by atoms with Gasteiger partial charge in [0.1, 0.15) is 5.92 Å². The normalized spacial score (nSPS) is 23.5. The number of nitrogens with one attached hydrogen (secondary N) is 1. The van der Waals surface area contributed by atoms with Crippen molar-refractivity contribution in [2.75, 3.05) is 13.1 Å². The first-order valence-electron chi connectivity index (χ1n) is 3.37. The standard InChI is InChI=1S/C7H9N3O/c1-5(11)10-3-6(2-8)7(9)4-10/h6,9H,3-4H2,1H3/t6-/m0/s1. The molecule has 0 bridgehead atoms. The van der Waals surface area contributed by atoms with E-state index in [4.69, 9.17) is 10.7 Å². The maximum atomic E-state index is 10.8. The highest BCUT2D eigenvalue weighted by Crippen LogP contribution is 2.11. The van der Waals surface area contributed by atoms with Crippen LogP contribution in [0.3, 0.4) is 0 Å². The van der Waals surface area contributed by atoms with Crippen molar-refractivity contribution in [2.24, 2.45) is 5.92 Å². The Balaban J connectivity index is 2.65. The molecule has 58 valence electrons. The van der Waals surface area contributed by atoms with Gasteiger partial charge in [-0.2, -0.15) is 5.26 Å². The van der Waals surface area contributed by atoms with Crippen LogP contribution in [-0.4, -0.2) is 29.6 Å². The number of amides is 1. The Kier molecular flexibility index (Phi) is 1.90. The van der Waals surface area contributed by atoms with E-state index in [2.05, 4.69) is 0 Å². The van der Waals surface area contributed by atoms with Crippen molar-refractivity contribution in [3.63, 3.8) is 0 Å². The largest absolute Gasteiger partial charge is 0.336 e. The van der Waals surface area contributed by atoms with E-state index in [0.29, 0.717) is 18.8 Å². The average Bonchev–Trinajstić information content (AvgIpc) is 2.31. The van der Waals surface area contributed by atoms with Crippen LogP contribution >= 0.6 is 0 Å². The van der Waals surface area contributed by atoms with Gasteiger partial charge in [0.15, 0.2) is 0 Å². The van der Waals surface area contributed by atoms with Crippen LogP contribution in [0.15, 0.2) is 0 Å². The van der Waals surface area contributed by atoms with E-state index in [1.54, 1.807) is 0 Å². The van der Waals surface area contributed by atoms with Crippen molar-refractivity contribution >= 4 is 11.6 Å². The zero-order valence-electron chi connectivity index (χ0n) is 6.29. The molecule has 1 N–H and O–H groups in total. The Bertz CT molecular complexity index is 241. The van der Waals surface area contributed by atoms with E-state index in [-0.39, 0.29) is 11.8 Å². The molecule has 11 heavy (non-hydrogen) atoms. The molecule has 1 amide bonds. The van der Waals surface area contributed by atoms with Crippen molar-refractivity contribution in [2.45, 2.75) is 6.92 Å². The third-order valence-electron chi connectivity index (χ3n) is 1.79. The number of nitrogens with zero attached hydrogens (tertiary/aromatic N) is 2. The lowest BCUT2D eigenvalue weighted by atomic mass is 10.1. The zero-order chi connectivity index (χ0) is 8.43. The summed E-state index contributed by atoms with van der Waals surface area (Å²) in [4.78, 5) is 12.3. The van der Waals surface area contributed by atoms with Crippen LogP contribution in [0.4, 0.5) is 0 Å². The number of nitriles is 1. The van der Waals surface area contributed by atoms with Crippen LogP contribution in [0, 0.1) is 22.7 Å². The van der Waals surface area contributed by atoms with E-state index in [1.807, 2.05) is 6.07 Å². The molecular weight excluding hydrogens is 142 g/mol. The minimum absolute atomic E-state index is 0.0625. The minimum Gasteiger partial charge on any atom is -0.336 e. The maximum absolute atomic E-state index is 10.8. The lowest BCUT2D eigenvalue weighted by Gasteiger charge is -2.09. The van der Waals surface area contributed by atoms with Gasteiger partial charge in [0.25, 0.3) is 0 Å². The molecule has 0 unspecified atom stereocenters. The first-order valence-corrected chi connectivity index (χ1v) is 3.37.